The largest absolute Gasteiger partial charge is 0.481 e. The summed E-state index contributed by atoms with van der Waals surface area (Å²) in [6.45, 7) is 0. The molecule has 8 heteroatoms. The van der Waals surface area contributed by atoms with Gasteiger partial charge in [0.05, 0.1) is 12.2 Å². The normalized spacial score (nSPS) is 11.7. The molecule has 0 radical (unpaired) electrons. The highest BCUT2D eigenvalue weighted by Crippen LogP contribution is 2.17. The Balaban J connectivity index is 2.47. The SMILES string of the molecule is O=C(O)C[C@@H](SCC(=O)Nc1ccc(Br)cc1)C(=O)O. The highest BCUT2D eigenvalue weighted by Gasteiger charge is 2.22. The number of carbonyl (C=O) groups excluding carboxylic acids is 1. The molecular formula is C12H12BrNO5S. The maximum absolute atomic E-state index is 11.6. The van der Waals surface area contributed by atoms with Crippen molar-refractivity contribution in [2.45, 2.75) is 11.7 Å². The van der Waals surface area contributed by atoms with E-state index in [1.54, 1.807) is 24.3 Å². The van der Waals surface area contributed by atoms with Gasteiger partial charge in [-0.1, -0.05) is 15.9 Å². The van der Waals surface area contributed by atoms with Gasteiger partial charge >= 0.3 is 11.9 Å². The third-order valence-electron chi connectivity index (χ3n) is 2.18. The fourth-order valence-electron chi connectivity index (χ4n) is 1.28. The zero-order chi connectivity index (χ0) is 15.1. The molecule has 1 aromatic carbocycles. The zero-order valence-electron chi connectivity index (χ0n) is 10.2. The van der Waals surface area contributed by atoms with Crippen molar-refractivity contribution < 1.29 is 24.6 Å². The molecule has 1 amide bonds. The summed E-state index contributed by atoms with van der Waals surface area (Å²) in [5, 5.41) is 18.9. The van der Waals surface area contributed by atoms with Gasteiger partial charge in [0, 0.05) is 10.2 Å². The molecule has 0 aliphatic carbocycles. The molecule has 1 atom stereocenters. The second-order valence-corrected chi connectivity index (χ2v) is 5.90. The van der Waals surface area contributed by atoms with Gasteiger partial charge in [0.15, 0.2) is 0 Å². The number of carboxylic acids is 2. The number of benzene rings is 1. The molecule has 1 aromatic rings. The van der Waals surface area contributed by atoms with Crippen LogP contribution in [-0.4, -0.2) is 39.1 Å². The van der Waals surface area contributed by atoms with E-state index in [1.807, 2.05) is 0 Å². The van der Waals surface area contributed by atoms with Crippen LogP contribution in [0.4, 0.5) is 5.69 Å². The summed E-state index contributed by atoms with van der Waals surface area (Å²) in [4.78, 5) is 32.9. The lowest BCUT2D eigenvalue weighted by molar-refractivity contribution is -0.142. The van der Waals surface area contributed by atoms with E-state index in [0.29, 0.717) is 5.69 Å². The predicted octanol–water partition coefficient (Wildman–Crippen LogP) is 2.05. The van der Waals surface area contributed by atoms with Gasteiger partial charge in [-0.25, -0.2) is 0 Å². The monoisotopic (exact) mass is 361 g/mol. The summed E-state index contributed by atoms with van der Waals surface area (Å²) < 4.78 is 0.872. The molecule has 0 aromatic heterocycles. The van der Waals surface area contributed by atoms with Gasteiger partial charge in [0.2, 0.25) is 5.91 Å². The lowest BCUT2D eigenvalue weighted by Gasteiger charge is -2.10. The first-order chi connectivity index (χ1) is 9.38. The van der Waals surface area contributed by atoms with Crippen LogP contribution in [0.15, 0.2) is 28.7 Å². The maximum Gasteiger partial charge on any atom is 0.317 e. The summed E-state index contributed by atoms with van der Waals surface area (Å²) in [5.74, 6) is -2.96. The summed E-state index contributed by atoms with van der Waals surface area (Å²) >= 11 is 4.05. The highest BCUT2D eigenvalue weighted by molar-refractivity contribution is 9.10. The minimum atomic E-state index is -1.24. The second-order valence-electron chi connectivity index (χ2n) is 3.79. The molecule has 0 bridgehead atoms. The second kappa shape index (κ2) is 7.91. The first-order valence-corrected chi connectivity index (χ1v) is 7.34. The lowest BCUT2D eigenvalue weighted by Crippen LogP contribution is -2.23. The van der Waals surface area contributed by atoms with Crippen LogP contribution in [0.25, 0.3) is 0 Å². The number of anilines is 1. The van der Waals surface area contributed by atoms with Crippen molar-refractivity contribution in [1.29, 1.82) is 0 Å². The number of nitrogens with one attached hydrogen (secondary N) is 1. The Kier molecular flexibility index (Phi) is 6.53. The molecule has 0 saturated carbocycles. The van der Waals surface area contributed by atoms with Crippen LogP contribution in [0.2, 0.25) is 0 Å². The molecule has 0 aliphatic heterocycles. The van der Waals surface area contributed by atoms with E-state index in [-0.39, 0.29) is 11.7 Å². The minimum absolute atomic E-state index is 0.125. The van der Waals surface area contributed by atoms with E-state index < -0.39 is 23.6 Å². The fourth-order valence-corrected chi connectivity index (χ4v) is 2.37. The number of rotatable bonds is 7. The Bertz CT molecular complexity index is 505. The van der Waals surface area contributed by atoms with Crippen LogP contribution in [0.5, 0.6) is 0 Å². The molecule has 0 unspecified atom stereocenters. The molecule has 3 N–H and O–H groups in total. The topological polar surface area (TPSA) is 104 Å². The first-order valence-electron chi connectivity index (χ1n) is 5.50. The quantitative estimate of drug-likeness (QED) is 0.686. The first kappa shape index (κ1) is 16.5. The van der Waals surface area contributed by atoms with E-state index >= 15 is 0 Å². The number of amides is 1. The van der Waals surface area contributed by atoms with Crippen molar-refractivity contribution >= 4 is 51.2 Å². The Hall–Kier alpha value is -1.54. The number of thioether (sulfide) groups is 1. The number of aliphatic carboxylic acids is 2. The van der Waals surface area contributed by atoms with Gasteiger partial charge in [-0.05, 0) is 24.3 Å². The van der Waals surface area contributed by atoms with Gasteiger partial charge < -0.3 is 15.5 Å². The van der Waals surface area contributed by atoms with E-state index in [9.17, 15) is 14.4 Å². The van der Waals surface area contributed by atoms with Crippen LogP contribution in [0, 0.1) is 0 Å². The van der Waals surface area contributed by atoms with Crippen molar-refractivity contribution in [3.63, 3.8) is 0 Å². The van der Waals surface area contributed by atoms with E-state index in [2.05, 4.69) is 21.2 Å². The van der Waals surface area contributed by atoms with E-state index in [1.165, 1.54) is 0 Å². The molecule has 0 aliphatic rings. The van der Waals surface area contributed by atoms with Crippen molar-refractivity contribution in [3.8, 4) is 0 Å². The summed E-state index contributed by atoms with van der Waals surface area (Å²) in [6, 6.07) is 6.90. The number of carboxylic acid groups (broad SMARTS) is 2. The van der Waals surface area contributed by atoms with Crippen molar-refractivity contribution in [3.05, 3.63) is 28.7 Å². The van der Waals surface area contributed by atoms with Gasteiger partial charge in [-0.3, -0.25) is 14.4 Å². The van der Waals surface area contributed by atoms with Gasteiger partial charge in [0.1, 0.15) is 5.25 Å². The van der Waals surface area contributed by atoms with Crippen molar-refractivity contribution in [1.82, 2.24) is 0 Å². The lowest BCUT2D eigenvalue weighted by atomic mass is 10.3. The Morgan fingerprint density at radius 2 is 1.80 bits per heavy atom. The molecule has 0 heterocycles. The predicted molar refractivity (Wildman–Crippen MR) is 78.9 cm³/mol. The number of hydrogen-bond donors (Lipinski definition) is 3. The van der Waals surface area contributed by atoms with Gasteiger partial charge in [0.25, 0.3) is 0 Å². The van der Waals surface area contributed by atoms with Gasteiger partial charge in [-0.15, -0.1) is 11.8 Å². The average Bonchev–Trinajstić information content (AvgIpc) is 2.36. The third kappa shape index (κ3) is 6.07. The molecule has 0 fully saturated rings. The molecule has 108 valence electrons. The molecule has 0 saturated heterocycles. The van der Waals surface area contributed by atoms with E-state index in [0.717, 1.165) is 16.2 Å². The molecule has 1 rings (SSSR count). The molecule has 0 spiro atoms. The van der Waals surface area contributed by atoms with Crippen LogP contribution in [0.3, 0.4) is 0 Å². The summed E-state index contributed by atoms with van der Waals surface area (Å²) in [5.41, 5.74) is 0.587. The highest BCUT2D eigenvalue weighted by atomic mass is 79.9. The standard InChI is InChI=1S/C12H12BrNO5S/c13-7-1-3-8(4-2-7)14-10(15)6-20-9(12(18)19)5-11(16)17/h1-4,9H,5-6H2,(H,14,15)(H,16,17)(H,18,19)/t9-/m1/s1. The Morgan fingerprint density at radius 1 is 1.20 bits per heavy atom. The maximum atomic E-state index is 11.6. The van der Waals surface area contributed by atoms with Crippen molar-refractivity contribution in [2.24, 2.45) is 0 Å². The number of halogens is 1. The number of hydrogen-bond acceptors (Lipinski definition) is 4. The minimum Gasteiger partial charge on any atom is -0.481 e. The molecular weight excluding hydrogens is 350 g/mol. The fraction of sp³-hybridized carbons (Fsp3) is 0.250. The van der Waals surface area contributed by atoms with Crippen molar-refractivity contribution in [2.75, 3.05) is 11.1 Å². The third-order valence-corrected chi connectivity index (χ3v) is 3.91. The molecule has 6 nitrogen and oxygen atoms in total. The van der Waals surface area contributed by atoms with Crippen LogP contribution in [-0.2, 0) is 14.4 Å². The van der Waals surface area contributed by atoms with Crippen LogP contribution in [0.1, 0.15) is 6.42 Å². The van der Waals surface area contributed by atoms with Crippen LogP contribution < -0.4 is 5.32 Å². The average molecular weight is 362 g/mol. The Morgan fingerprint density at radius 3 is 2.30 bits per heavy atom. The molecule has 20 heavy (non-hydrogen) atoms. The van der Waals surface area contributed by atoms with Gasteiger partial charge in [-0.2, -0.15) is 0 Å². The summed E-state index contributed by atoms with van der Waals surface area (Å²) in [7, 11) is 0. The summed E-state index contributed by atoms with van der Waals surface area (Å²) in [6.07, 6.45) is -0.522. The zero-order valence-corrected chi connectivity index (χ0v) is 12.6. The Labute approximate surface area is 127 Å². The van der Waals surface area contributed by atoms with E-state index in [4.69, 9.17) is 10.2 Å². The van der Waals surface area contributed by atoms with Crippen LogP contribution >= 0.6 is 27.7 Å². The smallest absolute Gasteiger partial charge is 0.317 e. The number of carbonyl (C=O) groups is 3.